The van der Waals surface area contributed by atoms with E-state index in [-0.39, 0.29) is 11.2 Å². The van der Waals surface area contributed by atoms with Gasteiger partial charge in [-0.05, 0) is 64.4 Å². The fourth-order valence-electron chi connectivity index (χ4n) is 1.72. The second-order valence-corrected chi connectivity index (χ2v) is 6.53. The van der Waals surface area contributed by atoms with E-state index >= 15 is 0 Å². The van der Waals surface area contributed by atoms with Crippen LogP contribution in [-0.4, -0.2) is 0 Å². The van der Waals surface area contributed by atoms with Crippen molar-refractivity contribution in [2.45, 2.75) is 11.8 Å². The van der Waals surface area contributed by atoms with Crippen molar-refractivity contribution in [1.29, 1.82) is 0 Å². The molecule has 0 nitrogen and oxygen atoms in total. The molecule has 4 heteroatoms. The Hall–Kier alpha value is -0.130. The molecular formula is C14H10BrClFI. The van der Waals surface area contributed by atoms with Crippen LogP contribution in [-0.2, 0) is 6.42 Å². The number of halogens is 4. The van der Waals surface area contributed by atoms with Crippen molar-refractivity contribution < 1.29 is 4.39 Å². The van der Waals surface area contributed by atoms with Crippen molar-refractivity contribution in [2.75, 3.05) is 0 Å². The maximum absolute atomic E-state index is 13.6. The zero-order chi connectivity index (χ0) is 13.1. The van der Waals surface area contributed by atoms with Gasteiger partial charge in [-0.15, -0.1) is 11.6 Å². The van der Waals surface area contributed by atoms with Gasteiger partial charge in [0.1, 0.15) is 5.82 Å². The van der Waals surface area contributed by atoms with E-state index in [9.17, 15) is 4.39 Å². The molecule has 0 aliphatic carbocycles. The summed E-state index contributed by atoms with van der Waals surface area (Å²) in [6.45, 7) is 0. The summed E-state index contributed by atoms with van der Waals surface area (Å²) in [4.78, 5) is 0. The summed E-state index contributed by atoms with van der Waals surface area (Å²) < 4.78 is 15.6. The molecule has 1 unspecified atom stereocenters. The van der Waals surface area contributed by atoms with Crippen LogP contribution in [0, 0.1) is 9.39 Å². The van der Waals surface area contributed by atoms with Gasteiger partial charge in [0, 0.05) is 8.04 Å². The van der Waals surface area contributed by atoms with Gasteiger partial charge in [0.15, 0.2) is 0 Å². The molecule has 0 N–H and O–H groups in total. The van der Waals surface area contributed by atoms with E-state index in [1.807, 2.05) is 24.3 Å². The van der Waals surface area contributed by atoms with Gasteiger partial charge in [-0.25, -0.2) is 4.39 Å². The van der Waals surface area contributed by atoms with Crippen molar-refractivity contribution in [3.8, 4) is 0 Å². The first kappa shape index (κ1) is 14.3. The second kappa shape index (κ2) is 6.35. The van der Waals surface area contributed by atoms with Crippen molar-refractivity contribution in [1.82, 2.24) is 0 Å². The van der Waals surface area contributed by atoms with Gasteiger partial charge < -0.3 is 0 Å². The summed E-state index contributed by atoms with van der Waals surface area (Å²) in [6, 6.07) is 12.7. The van der Waals surface area contributed by atoms with Crippen LogP contribution in [0.25, 0.3) is 0 Å². The Morgan fingerprint density at radius 2 is 1.94 bits per heavy atom. The number of hydrogen-bond acceptors (Lipinski definition) is 0. The fraction of sp³-hybridized carbons (Fsp3) is 0.143. The van der Waals surface area contributed by atoms with E-state index in [1.54, 1.807) is 12.1 Å². The standard InChI is InChI=1S/C14H10BrClFI/c15-10-5-6-14(18)11(8-10)12(16)7-9-3-1-2-4-13(9)17/h1-6,8,12H,7H2. The number of alkyl halides is 1. The van der Waals surface area contributed by atoms with Crippen molar-refractivity contribution in [2.24, 2.45) is 0 Å². The Labute approximate surface area is 133 Å². The summed E-state index contributed by atoms with van der Waals surface area (Å²) >= 11 is 12.1. The van der Waals surface area contributed by atoms with Gasteiger partial charge in [-0.1, -0.05) is 34.1 Å². The van der Waals surface area contributed by atoms with Crippen molar-refractivity contribution in [3.05, 3.63) is 67.5 Å². The van der Waals surface area contributed by atoms with E-state index in [1.165, 1.54) is 6.07 Å². The van der Waals surface area contributed by atoms with Crippen LogP contribution in [0.15, 0.2) is 46.9 Å². The highest BCUT2D eigenvalue weighted by Crippen LogP contribution is 2.31. The third kappa shape index (κ3) is 3.45. The first-order valence-electron chi connectivity index (χ1n) is 5.40. The van der Waals surface area contributed by atoms with Gasteiger partial charge in [0.05, 0.1) is 5.38 Å². The summed E-state index contributed by atoms with van der Waals surface area (Å²) in [5.41, 5.74) is 1.67. The quantitative estimate of drug-likeness (QED) is 0.424. The maximum Gasteiger partial charge on any atom is 0.126 e. The predicted octanol–water partition coefficient (Wildman–Crippen LogP) is 5.72. The molecule has 18 heavy (non-hydrogen) atoms. The highest BCUT2D eigenvalue weighted by atomic mass is 127. The third-order valence-electron chi connectivity index (χ3n) is 2.65. The van der Waals surface area contributed by atoms with Crippen LogP contribution in [0.1, 0.15) is 16.5 Å². The zero-order valence-electron chi connectivity index (χ0n) is 9.34. The smallest absolute Gasteiger partial charge is 0.126 e. The molecule has 0 aliphatic rings. The van der Waals surface area contributed by atoms with Gasteiger partial charge in [-0.3, -0.25) is 0 Å². The number of benzene rings is 2. The molecule has 2 rings (SSSR count). The van der Waals surface area contributed by atoms with Crippen LogP contribution in [0.2, 0.25) is 0 Å². The molecule has 0 saturated heterocycles. The van der Waals surface area contributed by atoms with E-state index in [0.717, 1.165) is 13.6 Å². The molecule has 0 heterocycles. The van der Waals surface area contributed by atoms with E-state index in [2.05, 4.69) is 38.5 Å². The first-order valence-corrected chi connectivity index (χ1v) is 7.71. The lowest BCUT2D eigenvalue weighted by molar-refractivity contribution is 0.607. The molecule has 0 aliphatic heterocycles. The molecule has 0 saturated carbocycles. The minimum atomic E-state index is -0.230. The molecular weight excluding hydrogens is 429 g/mol. The normalized spacial score (nSPS) is 12.4. The van der Waals surface area contributed by atoms with Gasteiger partial charge >= 0.3 is 0 Å². The molecule has 0 fully saturated rings. The van der Waals surface area contributed by atoms with Crippen LogP contribution < -0.4 is 0 Å². The monoisotopic (exact) mass is 438 g/mol. The zero-order valence-corrected chi connectivity index (χ0v) is 13.8. The first-order chi connectivity index (χ1) is 8.58. The molecule has 2 aromatic rings. The van der Waals surface area contributed by atoms with Crippen LogP contribution in [0.5, 0.6) is 0 Å². The average molecular weight is 439 g/mol. The van der Waals surface area contributed by atoms with E-state index < -0.39 is 0 Å². The Balaban J connectivity index is 2.25. The molecule has 0 radical (unpaired) electrons. The fourth-order valence-corrected chi connectivity index (χ4v) is 3.34. The molecule has 0 spiro atoms. The maximum atomic E-state index is 13.6. The van der Waals surface area contributed by atoms with Crippen LogP contribution in [0.4, 0.5) is 4.39 Å². The molecule has 0 bridgehead atoms. The largest absolute Gasteiger partial charge is 0.207 e. The topological polar surface area (TPSA) is 0 Å². The molecule has 0 aromatic heterocycles. The summed E-state index contributed by atoms with van der Waals surface area (Å²) in [5.74, 6) is -0.201. The minimum absolute atomic E-state index is 0.201. The highest BCUT2D eigenvalue weighted by Gasteiger charge is 2.14. The van der Waals surface area contributed by atoms with Crippen LogP contribution in [0.3, 0.4) is 0 Å². The molecule has 94 valence electrons. The SMILES string of the molecule is Fc1ccccc1CC(Cl)c1cc(Br)ccc1I. The lowest BCUT2D eigenvalue weighted by Crippen LogP contribution is -2.00. The summed E-state index contributed by atoms with van der Waals surface area (Å²) in [6.07, 6.45) is 0.487. The highest BCUT2D eigenvalue weighted by molar-refractivity contribution is 14.1. The van der Waals surface area contributed by atoms with Crippen molar-refractivity contribution in [3.63, 3.8) is 0 Å². The Morgan fingerprint density at radius 3 is 2.67 bits per heavy atom. The van der Waals surface area contributed by atoms with Gasteiger partial charge in [-0.2, -0.15) is 0 Å². The van der Waals surface area contributed by atoms with Crippen LogP contribution >= 0.6 is 50.1 Å². The Morgan fingerprint density at radius 1 is 1.22 bits per heavy atom. The number of rotatable bonds is 3. The Bertz CT molecular complexity index is 559. The van der Waals surface area contributed by atoms with Gasteiger partial charge in [0.25, 0.3) is 0 Å². The second-order valence-electron chi connectivity index (χ2n) is 3.93. The lowest BCUT2D eigenvalue weighted by Gasteiger charge is -2.13. The summed E-state index contributed by atoms with van der Waals surface area (Å²) in [5, 5.41) is -0.230. The van der Waals surface area contributed by atoms with E-state index in [0.29, 0.717) is 12.0 Å². The molecule has 1 atom stereocenters. The summed E-state index contributed by atoms with van der Waals surface area (Å²) in [7, 11) is 0. The van der Waals surface area contributed by atoms with Gasteiger partial charge in [0.2, 0.25) is 0 Å². The molecule has 0 amide bonds. The average Bonchev–Trinajstić information content (AvgIpc) is 2.35. The third-order valence-corrected chi connectivity index (χ3v) is 4.52. The Kier molecular flexibility index (Phi) is 5.04. The predicted molar refractivity (Wildman–Crippen MR) is 85.6 cm³/mol. The van der Waals surface area contributed by atoms with Crippen molar-refractivity contribution >= 4 is 50.1 Å². The molecule has 2 aromatic carbocycles. The van der Waals surface area contributed by atoms with E-state index in [4.69, 9.17) is 11.6 Å². The minimum Gasteiger partial charge on any atom is -0.207 e. The number of hydrogen-bond donors (Lipinski definition) is 0. The lowest BCUT2D eigenvalue weighted by atomic mass is 10.0.